The van der Waals surface area contributed by atoms with E-state index in [0.717, 1.165) is 36.2 Å². The summed E-state index contributed by atoms with van der Waals surface area (Å²) in [6.45, 7) is 0. The van der Waals surface area contributed by atoms with Crippen molar-refractivity contribution in [1.29, 1.82) is 0 Å². The van der Waals surface area contributed by atoms with Crippen molar-refractivity contribution in [3.63, 3.8) is 0 Å². The van der Waals surface area contributed by atoms with Gasteiger partial charge in [0.15, 0.2) is 11.5 Å². The van der Waals surface area contributed by atoms with Crippen LogP contribution in [0.1, 0.15) is 34.6 Å². The summed E-state index contributed by atoms with van der Waals surface area (Å²) in [4.78, 5) is 21.7. The third-order valence-corrected chi connectivity index (χ3v) is 3.75. The summed E-state index contributed by atoms with van der Waals surface area (Å²) in [5, 5.41) is 9.15. The summed E-state index contributed by atoms with van der Waals surface area (Å²) in [5.41, 5.74) is 2.92. The van der Waals surface area contributed by atoms with Gasteiger partial charge in [0, 0.05) is 12.7 Å². The summed E-state index contributed by atoms with van der Waals surface area (Å²) in [6, 6.07) is 10.0. The van der Waals surface area contributed by atoms with Crippen molar-refractivity contribution in [2.45, 2.75) is 19.3 Å². The van der Waals surface area contributed by atoms with E-state index in [-0.39, 0.29) is 5.69 Å². The highest BCUT2D eigenvalue weighted by Gasteiger charge is 2.20. The lowest BCUT2D eigenvalue weighted by molar-refractivity contribution is 0.0690. The molecule has 22 heavy (non-hydrogen) atoms. The molecule has 1 aromatic carbocycles. The molecule has 0 radical (unpaired) electrons. The second-order valence-corrected chi connectivity index (χ2v) is 5.24. The first kappa shape index (κ1) is 14.3. The van der Waals surface area contributed by atoms with Gasteiger partial charge in [-0.15, -0.1) is 0 Å². The highest BCUT2D eigenvalue weighted by molar-refractivity contribution is 5.86. The summed E-state index contributed by atoms with van der Waals surface area (Å²) >= 11 is 0. The van der Waals surface area contributed by atoms with E-state index in [0.29, 0.717) is 5.82 Å². The average Bonchev–Trinajstić information content (AvgIpc) is 2.53. The van der Waals surface area contributed by atoms with Gasteiger partial charge in [0.25, 0.3) is 0 Å². The minimum atomic E-state index is -1.06. The van der Waals surface area contributed by atoms with Crippen molar-refractivity contribution in [3.05, 3.63) is 59.6 Å². The van der Waals surface area contributed by atoms with Gasteiger partial charge in [-0.05, 0) is 24.8 Å². The first-order valence-electron chi connectivity index (χ1n) is 7.25. The molecule has 2 heterocycles. The Labute approximate surface area is 129 Å². The molecule has 0 fully saturated rings. The van der Waals surface area contributed by atoms with E-state index in [1.807, 2.05) is 42.3 Å². The second kappa shape index (κ2) is 5.97. The molecule has 1 aromatic heterocycles. The zero-order chi connectivity index (χ0) is 15.5. The van der Waals surface area contributed by atoms with E-state index in [1.54, 1.807) is 0 Å². The fourth-order valence-electron chi connectivity index (χ4n) is 2.63. The number of rotatable bonds is 2. The number of carbonyl (C=O) groups is 1. The molecule has 5 nitrogen and oxygen atoms in total. The molecular weight excluding hydrogens is 278 g/mol. The lowest BCUT2D eigenvalue weighted by Crippen LogP contribution is -2.22. The van der Waals surface area contributed by atoms with Gasteiger partial charge in [-0.1, -0.05) is 36.4 Å². The van der Waals surface area contributed by atoms with Crippen molar-refractivity contribution < 1.29 is 9.90 Å². The smallest absolute Gasteiger partial charge is 0.356 e. The molecule has 0 unspecified atom stereocenters. The number of hydrogen-bond acceptors (Lipinski definition) is 4. The topological polar surface area (TPSA) is 66.3 Å². The molecule has 1 aliphatic heterocycles. The number of carboxylic acids is 1. The van der Waals surface area contributed by atoms with Crippen LogP contribution < -0.4 is 4.90 Å². The van der Waals surface area contributed by atoms with Crippen molar-refractivity contribution in [2.75, 3.05) is 11.9 Å². The molecular formula is C17H17N3O2. The van der Waals surface area contributed by atoms with Gasteiger partial charge in [0.05, 0.1) is 11.9 Å². The fourth-order valence-corrected chi connectivity index (χ4v) is 2.63. The number of aromatic nitrogens is 2. The van der Waals surface area contributed by atoms with Gasteiger partial charge in [-0.2, -0.15) is 0 Å². The maximum atomic E-state index is 11.2. The Kier molecular flexibility index (Phi) is 3.87. The Morgan fingerprint density at radius 2 is 2.05 bits per heavy atom. The lowest BCUT2D eigenvalue weighted by atomic mass is 10.0. The largest absolute Gasteiger partial charge is 0.476 e. The second-order valence-electron chi connectivity index (χ2n) is 5.24. The van der Waals surface area contributed by atoms with E-state index in [4.69, 9.17) is 5.11 Å². The standard InChI is InChI=1S/C17H17N3O2/c1-20-15(12-7-3-2-4-8-12)10-6-5-9-13-16(20)19-14(11-18-13)17(21)22/h2-4,7-8,10-11H,5-6,9H2,1H3,(H,21,22)/b15-10+. The van der Waals surface area contributed by atoms with Crippen LogP contribution in [0.2, 0.25) is 0 Å². The SMILES string of the molecule is CN1/C(c2ccccc2)=C/CCCc2ncc(C(=O)O)nc21. The molecule has 3 rings (SSSR count). The number of aryl methyl sites for hydroxylation is 1. The Bertz CT molecular complexity index is 726. The molecule has 1 aliphatic rings. The molecule has 0 amide bonds. The van der Waals surface area contributed by atoms with E-state index in [9.17, 15) is 4.79 Å². The van der Waals surface area contributed by atoms with Crippen LogP contribution in [0.4, 0.5) is 5.82 Å². The predicted molar refractivity (Wildman–Crippen MR) is 84.8 cm³/mol. The zero-order valence-electron chi connectivity index (χ0n) is 12.4. The number of hydrogen-bond donors (Lipinski definition) is 1. The van der Waals surface area contributed by atoms with Gasteiger partial charge in [-0.25, -0.2) is 9.78 Å². The van der Waals surface area contributed by atoms with Crippen LogP contribution in [0.25, 0.3) is 5.70 Å². The van der Waals surface area contributed by atoms with Crippen LogP contribution >= 0.6 is 0 Å². The number of benzene rings is 1. The van der Waals surface area contributed by atoms with Crippen LogP contribution in [0.15, 0.2) is 42.6 Å². The fraction of sp³-hybridized carbons (Fsp3) is 0.235. The normalized spacial score (nSPS) is 17.0. The molecule has 1 N–H and O–H groups in total. The van der Waals surface area contributed by atoms with E-state index >= 15 is 0 Å². The van der Waals surface area contributed by atoms with Crippen molar-refractivity contribution in [3.8, 4) is 0 Å². The van der Waals surface area contributed by atoms with Crippen molar-refractivity contribution >= 4 is 17.5 Å². The molecule has 0 spiro atoms. The molecule has 0 saturated heterocycles. The number of anilines is 1. The maximum absolute atomic E-state index is 11.2. The van der Waals surface area contributed by atoms with Crippen LogP contribution in [-0.2, 0) is 6.42 Å². The Balaban J connectivity index is 2.08. The molecule has 2 aromatic rings. The van der Waals surface area contributed by atoms with Gasteiger partial charge in [-0.3, -0.25) is 4.98 Å². The first-order valence-corrected chi connectivity index (χ1v) is 7.25. The quantitative estimate of drug-likeness (QED) is 0.922. The molecule has 0 saturated carbocycles. The predicted octanol–water partition coefficient (Wildman–Crippen LogP) is 2.99. The van der Waals surface area contributed by atoms with Crippen molar-refractivity contribution in [2.24, 2.45) is 0 Å². The Hall–Kier alpha value is -2.69. The van der Waals surface area contributed by atoms with E-state index in [1.165, 1.54) is 6.20 Å². The summed E-state index contributed by atoms with van der Waals surface area (Å²) < 4.78 is 0. The van der Waals surface area contributed by atoms with Crippen LogP contribution in [0, 0.1) is 0 Å². The number of allylic oxidation sites excluding steroid dienone is 1. The van der Waals surface area contributed by atoms with Crippen molar-refractivity contribution in [1.82, 2.24) is 9.97 Å². The monoisotopic (exact) mass is 295 g/mol. The van der Waals surface area contributed by atoms with E-state index in [2.05, 4.69) is 16.0 Å². The molecule has 0 aliphatic carbocycles. The van der Waals surface area contributed by atoms with Crippen LogP contribution in [-0.4, -0.2) is 28.1 Å². The average molecular weight is 295 g/mol. The summed E-state index contributed by atoms with van der Waals surface area (Å²) in [7, 11) is 1.91. The Morgan fingerprint density at radius 3 is 2.77 bits per heavy atom. The molecule has 112 valence electrons. The maximum Gasteiger partial charge on any atom is 0.356 e. The van der Waals surface area contributed by atoms with E-state index < -0.39 is 5.97 Å². The third kappa shape index (κ3) is 2.70. The number of aromatic carboxylic acids is 1. The highest BCUT2D eigenvalue weighted by atomic mass is 16.4. The molecule has 5 heteroatoms. The van der Waals surface area contributed by atoms with Gasteiger partial charge < -0.3 is 10.0 Å². The number of carboxylic acid groups (broad SMARTS) is 1. The Morgan fingerprint density at radius 1 is 1.27 bits per heavy atom. The highest BCUT2D eigenvalue weighted by Crippen LogP contribution is 2.29. The summed E-state index contributed by atoms with van der Waals surface area (Å²) in [6.07, 6.45) is 6.23. The van der Waals surface area contributed by atoms with Gasteiger partial charge >= 0.3 is 5.97 Å². The minimum Gasteiger partial charge on any atom is -0.476 e. The number of nitrogens with zero attached hydrogens (tertiary/aromatic N) is 3. The van der Waals surface area contributed by atoms with Crippen LogP contribution in [0.5, 0.6) is 0 Å². The van der Waals surface area contributed by atoms with Crippen LogP contribution in [0.3, 0.4) is 0 Å². The minimum absolute atomic E-state index is 0.0291. The molecule has 0 bridgehead atoms. The van der Waals surface area contributed by atoms with Gasteiger partial charge in [0.1, 0.15) is 0 Å². The first-order chi connectivity index (χ1) is 10.7. The van der Waals surface area contributed by atoms with Gasteiger partial charge in [0.2, 0.25) is 0 Å². The number of fused-ring (bicyclic) bond motifs is 1. The summed E-state index contributed by atoms with van der Waals surface area (Å²) in [5.74, 6) is -0.439. The molecule has 0 atom stereocenters. The lowest BCUT2D eigenvalue weighted by Gasteiger charge is -2.26. The third-order valence-electron chi connectivity index (χ3n) is 3.75. The zero-order valence-corrected chi connectivity index (χ0v) is 12.4.